The number of carbonyl (C=O) groups excluding carboxylic acids is 2. The third-order valence-electron chi connectivity index (χ3n) is 6.58. The lowest BCUT2D eigenvalue weighted by Crippen LogP contribution is -2.55. The first-order chi connectivity index (χ1) is 19.2. The molecule has 40 heavy (non-hydrogen) atoms. The number of aliphatic hydroxyl groups is 1. The van der Waals surface area contributed by atoms with Crippen LogP contribution in [-0.2, 0) is 11.3 Å². The van der Waals surface area contributed by atoms with E-state index in [-0.39, 0.29) is 58.4 Å². The van der Waals surface area contributed by atoms with Gasteiger partial charge in [-0.25, -0.2) is 9.50 Å². The van der Waals surface area contributed by atoms with Crippen molar-refractivity contribution >= 4 is 34.7 Å². The van der Waals surface area contributed by atoms with Gasteiger partial charge in [0, 0.05) is 48.8 Å². The van der Waals surface area contributed by atoms with Gasteiger partial charge in [-0.05, 0) is 31.3 Å². The Labute approximate surface area is 231 Å². The highest BCUT2D eigenvalue weighted by Gasteiger charge is 2.28. The Morgan fingerprint density at radius 1 is 1.30 bits per heavy atom. The van der Waals surface area contributed by atoms with Crippen molar-refractivity contribution in [1.82, 2.24) is 34.2 Å². The van der Waals surface area contributed by atoms with Crippen molar-refractivity contribution in [3.63, 3.8) is 0 Å². The molecule has 1 aromatic carbocycles. The second kappa shape index (κ2) is 11.5. The topological polar surface area (TPSA) is 130 Å². The van der Waals surface area contributed by atoms with Gasteiger partial charge in [0.1, 0.15) is 23.6 Å². The number of piperazine rings is 1. The standard InChI is InChI=1S/C25H25ClF2N8O4/c1-33-7-8-34(11-16(33)14-37)21(38)13-35-12-19(31-24(39)18-10-30-36-6-2-5-29-23(18)36)22(32-35)17-9-15(26)3-4-20(17)40-25(27)28/h2-6,9-10,12,16,25,37H,7-8,11,13-14H2,1H3,(H,31,39). The van der Waals surface area contributed by atoms with E-state index in [2.05, 4.69) is 25.2 Å². The van der Waals surface area contributed by atoms with Gasteiger partial charge >= 0.3 is 6.61 Å². The summed E-state index contributed by atoms with van der Waals surface area (Å²) in [6.45, 7) is -2.02. The Morgan fingerprint density at radius 3 is 2.90 bits per heavy atom. The molecule has 2 N–H and O–H groups in total. The fraction of sp³-hybridized carbons (Fsp3) is 0.320. The first-order valence-electron chi connectivity index (χ1n) is 12.2. The molecule has 2 amide bonds. The molecule has 0 aliphatic carbocycles. The number of nitrogens with one attached hydrogen (secondary N) is 1. The molecule has 1 aliphatic rings. The molecule has 1 atom stereocenters. The minimum atomic E-state index is -3.12. The van der Waals surface area contributed by atoms with E-state index in [1.807, 2.05) is 11.9 Å². The van der Waals surface area contributed by atoms with Crippen LogP contribution < -0.4 is 10.1 Å². The normalized spacial score (nSPS) is 16.1. The summed E-state index contributed by atoms with van der Waals surface area (Å²) in [5.41, 5.74) is 0.753. The quantitative estimate of drug-likeness (QED) is 0.328. The lowest BCUT2D eigenvalue weighted by Gasteiger charge is -2.38. The molecule has 0 bridgehead atoms. The fourth-order valence-corrected chi connectivity index (χ4v) is 4.64. The maximum Gasteiger partial charge on any atom is 0.387 e. The average molecular weight is 575 g/mol. The average Bonchev–Trinajstić information content (AvgIpc) is 3.53. The summed E-state index contributed by atoms with van der Waals surface area (Å²) in [6.07, 6.45) is 5.92. The van der Waals surface area contributed by atoms with Gasteiger partial charge in [-0.1, -0.05) is 11.6 Å². The zero-order valence-corrected chi connectivity index (χ0v) is 22.0. The Bertz CT molecular complexity index is 1540. The molecule has 5 rings (SSSR count). The summed E-state index contributed by atoms with van der Waals surface area (Å²) >= 11 is 6.17. The van der Waals surface area contributed by atoms with Crippen molar-refractivity contribution < 1.29 is 28.2 Å². The van der Waals surface area contributed by atoms with Crippen LogP contribution in [0.25, 0.3) is 16.9 Å². The number of anilines is 1. The lowest BCUT2D eigenvalue weighted by atomic mass is 10.1. The summed E-state index contributed by atoms with van der Waals surface area (Å²) in [5.74, 6) is -1.06. The summed E-state index contributed by atoms with van der Waals surface area (Å²) in [4.78, 5) is 34.2. The molecule has 1 unspecified atom stereocenters. The number of aliphatic hydroxyl groups excluding tert-OH is 1. The molecule has 3 aromatic heterocycles. The SMILES string of the molecule is CN1CCN(C(=O)Cn2cc(NC(=O)c3cnn4cccnc34)c(-c3cc(Cl)ccc3OC(F)F)n2)CC1CO. The molecular weight excluding hydrogens is 550 g/mol. The maximum atomic E-state index is 13.3. The first kappa shape index (κ1) is 27.4. The predicted octanol–water partition coefficient (Wildman–Crippen LogP) is 2.23. The van der Waals surface area contributed by atoms with Crippen LogP contribution in [0.4, 0.5) is 14.5 Å². The van der Waals surface area contributed by atoms with E-state index in [4.69, 9.17) is 11.6 Å². The van der Waals surface area contributed by atoms with Gasteiger partial charge in [-0.2, -0.15) is 19.0 Å². The zero-order valence-electron chi connectivity index (χ0n) is 21.2. The number of ether oxygens (including phenoxy) is 1. The Balaban J connectivity index is 1.49. The number of hydrogen-bond acceptors (Lipinski definition) is 8. The number of amides is 2. The molecule has 1 fully saturated rings. The molecule has 0 radical (unpaired) electrons. The number of halogens is 3. The van der Waals surface area contributed by atoms with Crippen molar-refractivity contribution in [3.05, 3.63) is 59.6 Å². The third kappa shape index (κ3) is 5.73. The number of alkyl halides is 2. The van der Waals surface area contributed by atoms with Crippen LogP contribution >= 0.6 is 11.6 Å². The molecule has 0 saturated carbocycles. The van der Waals surface area contributed by atoms with E-state index in [1.54, 1.807) is 17.2 Å². The van der Waals surface area contributed by atoms with Gasteiger partial charge in [0.2, 0.25) is 5.91 Å². The fourth-order valence-electron chi connectivity index (χ4n) is 4.46. The Morgan fingerprint density at radius 2 is 2.12 bits per heavy atom. The molecule has 12 nitrogen and oxygen atoms in total. The maximum absolute atomic E-state index is 13.3. The highest BCUT2D eigenvalue weighted by atomic mass is 35.5. The molecule has 15 heteroatoms. The van der Waals surface area contributed by atoms with Crippen LogP contribution in [0.3, 0.4) is 0 Å². The number of likely N-dealkylation sites (N-methyl/N-ethyl adjacent to an activating group) is 1. The van der Waals surface area contributed by atoms with Crippen LogP contribution in [0.1, 0.15) is 10.4 Å². The molecular formula is C25H25ClF2N8O4. The van der Waals surface area contributed by atoms with Gasteiger partial charge in [0.15, 0.2) is 5.65 Å². The summed E-state index contributed by atoms with van der Waals surface area (Å²) in [7, 11) is 1.88. The largest absolute Gasteiger partial charge is 0.434 e. The Kier molecular flexibility index (Phi) is 7.91. The number of benzene rings is 1. The number of carbonyl (C=O) groups is 2. The van der Waals surface area contributed by atoms with Gasteiger partial charge < -0.3 is 20.1 Å². The number of aromatic nitrogens is 5. The van der Waals surface area contributed by atoms with E-state index in [0.29, 0.717) is 25.3 Å². The monoisotopic (exact) mass is 574 g/mol. The second-order valence-corrected chi connectivity index (χ2v) is 9.60. The predicted molar refractivity (Wildman–Crippen MR) is 140 cm³/mol. The third-order valence-corrected chi connectivity index (χ3v) is 6.82. The minimum Gasteiger partial charge on any atom is -0.434 e. The molecule has 1 aliphatic heterocycles. The Hall–Kier alpha value is -4.14. The minimum absolute atomic E-state index is 0.0651. The van der Waals surface area contributed by atoms with Crippen LogP contribution in [0.5, 0.6) is 5.75 Å². The second-order valence-electron chi connectivity index (χ2n) is 9.16. The van der Waals surface area contributed by atoms with Gasteiger partial charge in [-0.15, -0.1) is 0 Å². The summed E-state index contributed by atoms with van der Waals surface area (Å²) < 4.78 is 33.8. The lowest BCUT2D eigenvalue weighted by molar-refractivity contribution is -0.135. The van der Waals surface area contributed by atoms with E-state index in [1.165, 1.54) is 46.0 Å². The molecule has 0 spiro atoms. The van der Waals surface area contributed by atoms with Crippen molar-refractivity contribution in [2.75, 3.05) is 38.6 Å². The van der Waals surface area contributed by atoms with Gasteiger partial charge in [-0.3, -0.25) is 19.2 Å². The van der Waals surface area contributed by atoms with E-state index >= 15 is 0 Å². The number of nitrogens with zero attached hydrogens (tertiary/aromatic N) is 7. The van der Waals surface area contributed by atoms with Crippen LogP contribution in [0, 0.1) is 0 Å². The van der Waals surface area contributed by atoms with Crippen molar-refractivity contribution in [3.8, 4) is 17.0 Å². The number of hydrogen-bond donors (Lipinski definition) is 2. The molecule has 1 saturated heterocycles. The number of rotatable bonds is 8. The van der Waals surface area contributed by atoms with Crippen molar-refractivity contribution in [1.29, 1.82) is 0 Å². The molecule has 4 heterocycles. The van der Waals surface area contributed by atoms with Crippen molar-refractivity contribution in [2.45, 2.75) is 19.2 Å². The van der Waals surface area contributed by atoms with E-state index in [9.17, 15) is 23.5 Å². The van der Waals surface area contributed by atoms with Gasteiger partial charge in [0.05, 0.1) is 24.5 Å². The highest BCUT2D eigenvalue weighted by Crippen LogP contribution is 2.37. The van der Waals surface area contributed by atoms with E-state index < -0.39 is 12.5 Å². The van der Waals surface area contributed by atoms with E-state index in [0.717, 1.165) is 0 Å². The highest BCUT2D eigenvalue weighted by molar-refractivity contribution is 6.31. The smallest absolute Gasteiger partial charge is 0.387 e. The molecule has 210 valence electrons. The van der Waals surface area contributed by atoms with Crippen LogP contribution in [0.2, 0.25) is 5.02 Å². The van der Waals surface area contributed by atoms with Crippen LogP contribution in [0.15, 0.2) is 49.1 Å². The molecule has 4 aromatic rings. The zero-order chi connectivity index (χ0) is 28.4. The van der Waals surface area contributed by atoms with Crippen molar-refractivity contribution in [2.24, 2.45) is 0 Å². The van der Waals surface area contributed by atoms with Crippen LogP contribution in [-0.4, -0.2) is 97.0 Å². The summed E-state index contributed by atoms with van der Waals surface area (Å²) in [5, 5.41) is 21.2. The number of fused-ring (bicyclic) bond motifs is 1. The van der Waals surface area contributed by atoms with Gasteiger partial charge in [0.25, 0.3) is 5.91 Å². The summed E-state index contributed by atoms with van der Waals surface area (Å²) in [6, 6.07) is 5.51. The first-order valence-corrected chi connectivity index (χ1v) is 12.6.